The summed E-state index contributed by atoms with van der Waals surface area (Å²) in [5, 5.41) is 2.59. The Kier molecular flexibility index (Phi) is 4.14. The monoisotopic (exact) mass is 275 g/mol. The van der Waals surface area contributed by atoms with Gasteiger partial charge in [0.15, 0.2) is 0 Å². The Morgan fingerprint density at radius 2 is 2.20 bits per heavy atom. The maximum atomic E-state index is 13.7. The Labute approximate surface area is 115 Å². The third-order valence-corrected chi connectivity index (χ3v) is 2.75. The van der Waals surface area contributed by atoms with Gasteiger partial charge in [0, 0.05) is 11.8 Å². The molecule has 2 rings (SSSR count). The number of anilines is 2. The fourth-order valence-electron chi connectivity index (χ4n) is 1.78. The summed E-state index contributed by atoms with van der Waals surface area (Å²) in [4.78, 5) is 15.8. The summed E-state index contributed by atoms with van der Waals surface area (Å²) in [7, 11) is 1.43. The highest BCUT2D eigenvalue weighted by atomic mass is 19.1. The molecule has 1 aromatic heterocycles. The second-order valence-corrected chi connectivity index (χ2v) is 4.08. The zero-order chi connectivity index (χ0) is 14.5. The molecule has 1 heterocycles. The van der Waals surface area contributed by atoms with Crippen LogP contribution in [0.15, 0.2) is 36.5 Å². The normalized spacial score (nSPS) is 10.1. The molecule has 0 unspecified atom stereocenters. The average molecular weight is 275 g/mol. The Morgan fingerprint density at radius 3 is 2.90 bits per heavy atom. The van der Waals surface area contributed by atoms with E-state index in [9.17, 15) is 9.18 Å². The van der Waals surface area contributed by atoms with Crippen LogP contribution in [0.5, 0.6) is 5.75 Å². The Bertz CT molecular complexity index is 632. The van der Waals surface area contributed by atoms with Gasteiger partial charge in [0.2, 0.25) is 5.91 Å². The number of nitrogens with zero attached hydrogens (tertiary/aromatic N) is 1. The number of ether oxygens (including phenoxy) is 1. The molecular formula is C14H14FN3O2. The number of aromatic nitrogens is 1. The van der Waals surface area contributed by atoms with E-state index in [1.165, 1.54) is 25.4 Å². The first-order chi connectivity index (χ1) is 9.61. The molecule has 0 radical (unpaired) electrons. The number of nitrogen functional groups attached to an aromatic ring is 1. The maximum Gasteiger partial charge on any atom is 0.229 e. The molecule has 0 aliphatic carbocycles. The van der Waals surface area contributed by atoms with E-state index in [0.29, 0.717) is 11.4 Å². The minimum atomic E-state index is -0.487. The van der Waals surface area contributed by atoms with Crippen molar-refractivity contribution in [1.29, 1.82) is 0 Å². The van der Waals surface area contributed by atoms with Crippen LogP contribution in [-0.2, 0) is 11.2 Å². The van der Waals surface area contributed by atoms with Crippen molar-refractivity contribution >= 4 is 17.4 Å². The number of pyridine rings is 1. The summed E-state index contributed by atoms with van der Waals surface area (Å²) < 4.78 is 18.8. The highest BCUT2D eigenvalue weighted by Crippen LogP contribution is 2.22. The van der Waals surface area contributed by atoms with Crippen LogP contribution in [0.2, 0.25) is 0 Å². The van der Waals surface area contributed by atoms with E-state index in [0.717, 1.165) is 0 Å². The van der Waals surface area contributed by atoms with E-state index < -0.39 is 11.7 Å². The number of nitrogens with two attached hydrogens (primary N) is 1. The molecule has 0 aliphatic heterocycles. The summed E-state index contributed by atoms with van der Waals surface area (Å²) in [6, 6.07) is 7.68. The summed E-state index contributed by atoms with van der Waals surface area (Å²) in [6.07, 6.45) is 1.37. The Morgan fingerprint density at radius 1 is 1.40 bits per heavy atom. The van der Waals surface area contributed by atoms with Gasteiger partial charge in [0.25, 0.3) is 0 Å². The van der Waals surface area contributed by atoms with E-state index in [1.54, 1.807) is 18.2 Å². The van der Waals surface area contributed by atoms with Crippen LogP contribution in [0.4, 0.5) is 15.9 Å². The molecule has 3 N–H and O–H groups in total. The van der Waals surface area contributed by atoms with Crippen molar-refractivity contribution in [2.24, 2.45) is 0 Å². The van der Waals surface area contributed by atoms with Crippen LogP contribution in [-0.4, -0.2) is 18.0 Å². The highest BCUT2D eigenvalue weighted by molar-refractivity contribution is 5.94. The molecule has 6 heteroatoms. The smallest absolute Gasteiger partial charge is 0.229 e. The lowest BCUT2D eigenvalue weighted by atomic mass is 10.1. The molecule has 0 bridgehead atoms. The van der Waals surface area contributed by atoms with Crippen LogP contribution in [0.25, 0.3) is 0 Å². The molecule has 0 aliphatic rings. The molecule has 104 valence electrons. The number of hydrogen-bond acceptors (Lipinski definition) is 4. The molecule has 0 saturated heterocycles. The lowest BCUT2D eigenvalue weighted by Gasteiger charge is -2.10. The van der Waals surface area contributed by atoms with Crippen LogP contribution >= 0.6 is 0 Å². The number of carbonyl (C=O) groups is 1. The van der Waals surface area contributed by atoms with Gasteiger partial charge in [0.05, 0.1) is 19.2 Å². The first-order valence-electron chi connectivity index (χ1n) is 5.93. The van der Waals surface area contributed by atoms with E-state index >= 15 is 0 Å². The zero-order valence-corrected chi connectivity index (χ0v) is 10.9. The van der Waals surface area contributed by atoms with Gasteiger partial charge < -0.3 is 15.8 Å². The Hall–Kier alpha value is -2.63. The topological polar surface area (TPSA) is 77.2 Å². The number of rotatable bonds is 4. The van der Waals surface area contributed by atoms with E-state index in [1.807, 2.05) is 0 Å². The third kappa shape index (κ3) is 3.03. The number of benzene rings is 1. The summed E-state index contributed by atoms with van der Waals surface area (Å²) in [5.74, 6) is -0.340. The molecule has 5 nitrogen and oxygen atoms in total. The minimum Gasteiger partial charge on any atom is -0.496 e. The first-order valence-corrected chi connectivity index (χ1v) is 5.93. The second-order valence-electron chi connectivity index (χ2n) is 4.08. The number of methoxy groups -OCH3 is 1. The highest BCUT2D eigenvalue weighted by Gasteiger charge is 2.14. The lowest BCUT2D eigenvalue weighted by molar-refractivity contribution is -0.115. The number of halogens is 1. The summed E-state index contributed by atoms with van der Waals surface area (Å²) in [6.45, 7) is 0. The van der Waals surface area contributed by atoms with Gasteiger partial charge in [0.1, 0.15) is 17.4 Å². The van der Waals surface area contributed by atoms with Gasteiger partial charge in [-0.25, -0.2) is 9.37 Å². The van der Waals surface area contributed by atoms with Crippen molar-refractivity contribution < 1.29 is 13.9 Å². The molecule has 1 amide bonds. The van der Waals surface area contributed by atoms with Crippen LogP contribution < -0.4 is 15.8 Å². The van der Waals surface area contributed by atoms with Gasteiger partial charge in [-0.05, 0) is 24.3 Å². The molecule has 0 spiro atoms. The third-order valence-electron chi connectivity index (χ3n) is 2.75. The van der Waals surface area contributed by atoms with Crippen LogP contribution in [0.1, 0.15) is 5.56 Å². The molecule has 20 heavy (non-hydrogen) atoms. The SMILES string of the molecule is COc1cccc(F)c1CC(=O)Nc1cccnc1N. The second kappa shape index (κ2) is 6.01. The largest absolute Gasteiger partial charge is 0.496 e. The van der Waals surface area contributed by atoms with Crippen molar-refractivity contribution in [3.63, 3.8) is 0 Å². The number of carbonyl (C=O) groups excluding carboxylic acids is 1. The predicted molar refractivity (Wildman–Crippen MR) is 73.9 cm³/mol. The predicted octanol–water partition coefficient (Wildman–Crippen LogP) is 1.99. The average Bonchev–Trinajstić information content (AvgIpc) is 2.43. The number of hydrogen-bond donors (Lipinski definition) is 2. The molecule has 0 atom stereocenters. The number of nitrogens with one attached hydrogen (secondary N) is 1. The summed E-state index contributed by atoms with van der Waals surface area (Å²) >= 11 is 0. The van der Waals surface area contributed by atoms with Crippen molar-refractivity contribution in [2.45, 2.75) is 6.42 Å². The molecule has 0 saturated carbocycles. The van der Waals surface area contributed by atoms with Crippen molar-refractivity contribution in [1.82, 2.24) is 4.98 Å². The van der Waals surface area contributed by atoms with Gasteiger partial charge in [-0.2, -0.15) is 0 Å². The lowest BCUT2D eigenvalue weighted by Crippen LogP contribution is -2.17. The van der Waals surface area contributed by atoms with Crippen LogP contribution in [0.3, 0.4) is 0 Å². The van der Waals surface area contributed by atoms with Gasteiger partial charge in [-0.15, -0.1) is 0 Å². The summed E-state index contributed by atoms with van der Waals surface area (Å²) in [5.41, 5.74) is 6.22. The van der Waals surface area contributed by atoms with Gasteiger partial charge in [-0.3, -0.25) is 4.79 Å². The van der Waals surface area contributed by atoms with E-state index in [-0.39, 0.29) is 17.8 Å². The van der Waals surface area contributed by atoms with Gasteiger partial charge >= 0.3 is 0 Å². The Balaban J connectivity index is 2.15. The van der Waals surface area contributed by atoms with Crippen LogP contribution in [0, 0.1) is 5.82 Å². The first kappa shape index (κ1) is 13.8. The maximum absolute atomic E-state index is 13.7. The molecule has 1 aromatic carbocycles. The van der Waals surface area contributed by atoms with E-state index in [2.05, 4.69) is 10.3 Å². The van der Waals surface area contributed by atoms with Crippen molar-refractivity contribution in [3.05, 3.63) is 47.9 Å². The quantitative estimate of drug-likeness (QED) is 0.894. The molecular weight excluding hydrogens is 261 g/mol. The fourth-order valence-corrected chi connectivity index (χ4v) is 1.78. The standard InChI is InChI=1S/C14H14FN3O2/c1-20-12-6-2-4-10(15)9(12)8-13(19)18-11-5-3-7-17-14(11)16/h2-7H,8H2,1H3,(H2,16,17)(H,18,19). The van der Waals surface area contributed by atoms with Crippen molar-refractivity contribution in [2.75, 3.05) is 18.2 Å². The minimum absolute atomic E-state index is 0.149. The molecule has 2 aromatic rings. The van der Waals surface area contributed by atoms with Gasteiger partial charge in [-0.1, -0.05) is 6.07 Å². The molecule has 0 fully saturated rings. The number of amides is 1. The van der Waals surface area contributed by atoms with E-state index in [4.69, 9.17) is 10.5 Å². The van der Waals surface area contributed by atoms with Crippen molar-refractivity contribution in [3.8, 4) is 5.75 Å². The zero-order valence-electron chi connectivity index (χ0n) is 10.9. The fraction of sp³-hybridized carbons (Fsp3) is 0.143.